The summed E-state index contributed by atoms with van der Waals surface area (Å²) in [6, 6.07) is 13.6. The molecule has 1 fully saturated rings. The smallest absolute Gasteiger partial charge is 0.243 e. The number of piperidine rings is 1. The summed E-state index contributed by atoms with van der Waals surface area (Å²) in [5, 5.41) is 7.00. The Hall–Kier alpha value is -2.29. The van der Waals surface area contributed by atoms with Crippen LogP contribution in [0.25, 0.3) is 0 Å². The van der Waals surface area contributed by atoms with Crippen molar-refractivity contribution in [3.8, 4) is 0 Å². The van der Waals surface area contributed by atoms with Gasteiger partial charge < -0.3 is 10.6 Å². The quantitative estimate of drug-likeness (QED) is 0.721. The van der Waals surface area contributed by atoms with Gasteiger partial charge in [-0.25, -0.2) is 12.8 Å². The maximum Gasteiger partial charge on any atom is 0.243 e. The van der Waals surface area contributed by atoms with E-state index in [0.29, 0.717) is 49.8 Å². The molecule has 2 N–H and O–H groups in total. The molecule has 2 aliphatic heterocycles. The van der Waals surface area contributed by atoms with Crippen LogP contribution in [0.15, 0.2) is 58.4 Å². The van der Waals surface area contributed by atoms with Crippen molar-refractivity contribution in [2.45, 2.75) is 49.6 Å². The van der Waals surface area contributed by atoms with Gasteiger partial charge in [-0.05, 0) is 54.2 Å². The summed E-state index contributed by atoms with van der Waals surface area (Å²) in [7, 11) is -3.53. The minimum atomic E-state index is -3.53. The topological polar surface area (TPSA) is 73.8 Å². The summed E-state index contributed by atoms with van der Waals surface area (Å²) in [5.41, 5.74) is 1.74. The lowest BCUT2D eigenvalue weighted by Crippen LogP contribution is -2.64. The van der Waals surface area contributed by atoms with E-state index in [-0.39, 0.29) is 11.4 Å². The summed E-state index contributed by atoms with van der Waals surface area (Å²) >= 11 is 0. The van der Waals surface area contributed by atoms with Gasteiger partial charge in [-0.3, -0.25) is 4.99 Å². The molecule has 2 aliphatic rings. The molecule has 2 aromatic rings. The highest BCUT2D eigenvalue weighted by Crippen LogP contribution is 2.29. The zero-order chi connectivity index (χ0) is 22.8. The Balaban J connectivity index is 1.43. The molecular formula is C24H31FN4O2S. The average molecular weight is 459 g/mol. The first-order chi connectivity index (χ1) is 15.3. The minimum Gasteiger partial charge on any atom is -0.368 e. The molecule has 0 atom stereocenters. The molecule has 0 saturated carbocycles. The molecule has 0 aliphatic carbocycles. The van der Waals surface area contributed by atoms with Gasteiger partial charge in [0.15, 0.2) is 0 Å². The Bertz CT molecular complexity index is 1060. The Labute approximate surface area is 190 Å². The molecule has 0 bridgehead atoms. The molecule has 172 valence electrons. The summed E-state index contributed by atoms with van der Waals surface area (Å²) in [6.45, 7) is 7.04. The Morgan fingerprint density at radius 2 is 1.75 bits per heavy atom. The molecule has 32 heavy (non-hydrogen) atoms. The maximum atomic E-state index is 13.2. The number of hydrogen-bond donors (Lipinski definition) is 2. The van der Waals surface area contributed by atoms with Crippen molar-refractivity contribution in [1.29, 1.82) is 0 Å². The maximum absolute atomic E-state index is 13.2. The van der Waals surface area contributed by atoms with Gasteiger partial charge in [-0.15, -0.1) is 0 Å². The first-order valence-corrected chi connectivity index (χ1v) is 12.6. The van der Waals surface area contributed by atoms with E-state index in [2.05, 4.69) is 24.5 Å². The number of sulfonamides is 1. The molecule has 0 amide bonds. The number of nitrogens with zero attached hydrogens (tertiary/aromatic N) is 2. The summed E-state index contributed by atoms with van der Waals surface area (Å²) in [6.07, 6.45) is 1.29. The van der Waals surface area contributed by atoms with Gasteiger partial charge in [0, 0.05) is 26.2 Å². The third-order valence-electron chi connectivity index (χ3n) is 6.43. The largest absolute Gasteiger partial charge is 0.368 e. The fourth-order valence-corrected chi connectivity index (χ4v) is 5.85. The van der Waals surface area contributed by atoms with Crippen LogP contribution >= 0.6 is 0 Å². The first kappa shape index (κ1) is 22.9. The highest BCUT2D eigenvalue weighted by molar-refractivity contribution is 7.89. The number of rotatable bonds is 5. The number of nitrogens with one attached hydrogen (secondary N) is 2. The van der Waals surface area contributed by atoms with Crippen molar-refractivity contribution < 1.29 is 12.8 Å². The van der Waals surface area contributed by atoms with Gasteiger partial charge in [0.05, 0.1) is 17.0 Å². The van der Waals surface area contributed by atoms with Gasteiger partial charge in [0.1, 0.15) is 11.7 Å². The van der Waals surface area contributed by atoms with E-state index in [1.165, 1.54) is 12.1 Å². The highest BCUT2D eigenvalue weighted by Gasteiger charge is 2.43. The van der Waals surface area contributed by atoms with Crippen LogP contribution < -0.4 is 10.6 Å². The van der Waals surface area contributed by atoms with E-state index in [1.54, 1.807) is 28.6 Å². The third kappa shape index (κ3) is 4.72. The fourth-order valence-electron chi connectivity index (χ4n) is 4.41. The lowest BCUT2D eigenvalue weighted by atomic mass is 9.85. The second kappa shape index (κ2) is 9.29. The second-order valence-corrected chi connectivity index (χ2v) is 10.8. The van der Waals surface area contributed by atoms with Crippen LogP contribution in [-0.4, -0.2) is 50.3 Å². The molecule has 1 spiro atoms. The van der Waals surface area contributed by atoms with Gasteiger partial charge >= 0.3 is 0 Å². The number of amidine groups is 1. The van der Waals surface area contributed by atoms with Crippen molar-refractivity contribution in [2.75, 3.05) is 26.2 Å². The molecule has 2 aromatic carbocycles. The third-order valence-corrected chi connectivity index (χ3v) is 8.34. The van der Waals surface area contributed by atoms with E-state index in [0.717, 1.165) is 23.5 Å². The average Bonchev–Trinajstić information content (AvgIpc) is 2.80. The lowest BCUT2D eigenvalue weighted by Gasteiger charge is -2.44. The van der Waals surface area contributed by atoms with Crippen molar-refractivity contribution in [1.82, 2.24) is 14.9 Å². The number of aliphatic imine (C=N–C) groups is 1. The molecule has 0 aromatic heterocycles. The van der Waals surface area contributed by atoms with E-state index in [4.69, 9.17) is 4.99 Å². The first-order valence-electron chi connectivity index (χ1n) is 11.2. The molecule has 0 unspecified atom stereocenters. The van der Waals surface area contributed by atoms with Gasteiger partial charge in [0.2, 0.25) is 10.0 Å². The second-order valence-electron chi connectivity index (χ2n) is 8.85. The molecule has 4 rings (SSSR count). The normalized spacial score (nSPS) is 19.2. The van der Waals surface area contributed by atoms with Crippen LogP contribution in [0.4, 0.5) is 4.39 Å². The van der Waals surface area contributed by atoms with E-state index >= 15 is 0 Å². The van der Waals surface area contributed by atoms with Crippen molar-refractivity contribution in [3.63, 3.8) is 0 Å². The van der Waals surface area contributed by atoms with Crippen molar-refractivity contribution >= 4 is 15.9 Å². The lowest BCUT2D eigenvalue weighted by molar-refractivity contribution is 0.241. The van der Waals surface area contributed by atoms with Crippen LogP contribution in [0.2, 0.25) is 0 Å². The van der Waals surface area contributed by atoms with Crippen molar-refractivity contribution in [3.05, 3.63) is 65.5 Å². The Kier molecular flexibility index (Phi) is 6.65. The predicted octanol–water partition coefficient (Wildman–Crippen LogP) is 3.26. The minimum absolute atomic E-state index is 0.255. The van der Waals surface area contributed by atoms with E-state index < -0.39 is 10.0 Å². The number of hydrogen-bond acceptors (Lipinski definition) is 5. The monoisotopic (exact) mass is 458 g/mol. The van der Waals surface area contributed by atoms with E-state index in [1.807, 2.05) is 12.1 Å². The van der Waals surface area contributed by atoms with Gasteiger partial charge in [-0.1, -0.05) is 38.1 Å². The molecule has 6 nitrogen and oxygen atoms in total. The summed E-state index contributed by atoms with van der Waals surface area (Å²) in [4.78, 5) is 5.06. The zero-order valence-corrected chi connectivity index (χ0v) is 19.5. The van der Waals surface area contributed by atoms with E-state index in [9.17, 15) is 12.8 Å². The summed E-state index contributed by atoms with van der Waals surface area (Å²) in [5.74, 6) is 0.972. The van der Waals surface area contributed by atoms with Crippen LogP contribution in [0.5, 0.6) is 0 Å². The van der Waals surface area contributed by atoms with Crippen LogP contribution in [0.3, 0.4) is 0 Å². The van der Waals surface area contributed by atoms with Crippen LogP contribution in [0.1, 0.15) is 43.7 Å². The van der Waals surface area contributed by atoms with Crippen LogP contribution in [0, 0.1) is 5.82 Å². The Morgan fingerprint density at radius 1 is 1.09 bits per heavy atom. The highest BCUT2D eigenvalue weighted by atomic mass is 32.2. The van der Waals surface area contributed by atoms with Crippen molar-refractivity contribution in [2.24, 2.45) is 4.99 Å². The molecule has 2 heterocycles. The zero-order valence-electron chi connectivity index (χ0n) is 18.6. The van der Waals surface area contributed by atoms with Gasteiger partial charge in [-0.2, -0.15) is 4.31 Å². The fraction of sp³-hybridized carbons (Fsp3) is 0.458. The molecular weight excluding hydrogens is 427 g/mol. The van der Waals surface area contributed by atoms with Gasteiger partial charge in [0.25, 0.3) is 0 Å². The SMILES string of the molecule is CC(C)c1ccc(S(=O)(=O)N2CCC3(CC2)NCCN=C3NCc2ccc(F)cc2)cc1. The van der Waals surface area contributed by atoms with Crippen LogP contribution in [-0.2, 0) is 16.6 Å². The standard InChI is InChI=1S/C24H31FN4O2S/c1-18(2)20-5-9-22(10-6-20)32(30,31)29-15-11-24(12-16-29)23(26-13-14-28-24)27-17-19-3-7-21(25)8-4-19/h3-10,18,28H,11-17H2,1-2H3,(H,26,27). The Morgan fingerprint density at radius 3 is 2.38 bits per heavy atom. The molecule has 0 radical (unpaired) electrons. The summed E-state index contributed by atoms with van der Waals surface area (Å²) < 4.78 is 41.1. The number of halogens is 1. The number of benzene rings is 2. The molecule has 1 saturated heterocycles. The molecule has 8 heteroatoms. The predicted molar refractivity (Wildman–Crippen MR) is 125 cm³/mol.